The van der Waals surface area contributed by atoms with Crippen LogP contribution < -0.4 is 0 Å². The molecule has 0 atom stereocenters. The van der Waals surface area contributed by atoms with Gasteiger partial charge in [0.2, 0.25) is 0 Å². The minimum Gasteiger partial charge on any atom is -0.289 e. The fraction of sp³-hybridized carbons (Fsp3) is 0.105. The van der Waals surface area contributed by atoms with Crippen LogP contribution in [-0.2, 0) is 0 Å². The van der Waals surface area contributed by atoms with E-state index in [1.807, 2.05) is 74.5 Å². The van der Waals surface area contributed by atoms with Gasteiger partial charge in [-0.3, -0.25) is 4.79 Å². The number of carbonyl (C=O) groups is 1. The van der Waals surface area contributed by atoms with E-state index in [4.69, 9.17) is 0 Å². The number of carbonyl (C=O) groups excluding carboxylic acids is 1. The van der Waals surface area contributed by atoms with E-state index in [0.717, 1.165) is 22.3 Å². The molecule has 0 aliphatic rings. The topological polar surface area (TPSA) is 17.1 Å². The molecule has 100 valence electrons. The predicted molar refractivity (Wildman–Crippen MR) is 84.9 cm³/mol. The fourth-order valence-electron chi connectivity index (χ4n) is 1.96. The molecule has 0 saturated heterocycles. The smallest absolute Gasteiger partial charge is 0.186 e. The van der Waals surface area contributed by atoms with E-state index in [1.165, 1.54) is 0 Å². The number of ketones is 1. The predicted octanol–water partition coefficient (Wildman–Crippen LogP) is 4.76. The maximum atomic E-state index is 12.1. The number of allylic oxidation sites excluding steroid dienone is 3. The number of aryl methyl sites for hydroxylation is 2. The number of rotatable bonds is 4. The van der Waals surface area contributed by atoms with E-state index < -0.39 is 0 Å². The third kappa shape index (κ3) is 3.79. The molecule has 0 radical (unpaired) electrons. The molecule has 2 rings (SSSR count). The van der Waals surface area contributed by atoms with E-state index in [1.54, 1.807) is 12.2 Å². The van der Waals surface area contributed by atoms with Crippen molar-refractivity contribution >= 4 is 11.9 Å². The van der Waals surface area contributed by atoms with Gasteiger partial charge < -0.3 is 0 Å². The molecule has 0 unspecified atom stereocenters. The zero-order valence-corrected chi connectivity index (χ0v) is 11.8. The van der Waals surface area contributed by atoms with Gasteiger partial charge in [-0.15, -0.1) is 0 Å². The SMILES string of the molecule is Cc1ccc(C)c(C(=O)/C=C/C=C/c2ccccc2)c1. The van der Waals surface area contributed by atoms with Crippen molar-refractivity contribution in [2.75, 3.05) is 0 Å². The first-order valence-corrected chi connectivity index (χ1v) is 6.68. The highest BCUT2D eigenvalue weighted by Gasteiger charge is 2.04. The molecule has 2 aromatic carbocycles. The molecular weight excluding hydrogens is 244 g/mol. The Morgan fingerprint density at radius 3 is 2.45 bits per heavy atom. The molecule has 1 heteroatoms. The van der Waals surface area contributed by atoms with Crippen LogP contribution in [0.15, 0.2) is 66.8 Å². The second-order valence-corrected chi connectivity index (χ2v) is 4.81. The summed E-state index contributed by atoms with van der Waals surface area (Å²) in [5, 5.41) is 0. The lowest BCUT2D eigenvalue weighted by Gasteiger charge is -2.02. The van der Waals surface area contributed by atoms with E-state index in [-0.39, 0.29) is 5.78 Å². The van der Waals surface area contributed by atoms with Crippen LogP contribution in [0, 0.1) is 13.8 Å². The van der Waals surface area contributed by atoms with Crippen molar-refractivity contribution in [1.82, 2.24) is 0 Å². The van der Waals surface area contributed by atoms with Crippen molar-refractivity contribution in [2.24, 2.45) is 0 Å². The first-order valence-electron chi connectivity index (χ1n) is 6.68. The van der Waals surface area contributed by atoms with Crippen LogP contribution in [0.1, 0.15) is 27.0 Å². The molecule has 1 nitrogen and oxygen atoms in total. The summed E-state index contributed by atoms with van der Waals surface area (Å²) < 4.78 is 0. The molecule has 0 saturated carbocycles. The average Bonchev–Trinajstić information content (AvgIpc) is 2.47. The molecule has 0 aliphatic heterocycles. The van der Waals surface area contributed by atoms with E-state index in [9.17, 15) is 4.79 Å². The van der Waals surface area contributed by atoms with Gasteiger partial charge in [0.1, 0.15) is 0 Å². The molecular formula is C19H18O. The molecule has 2 aromatic rings. The van der Waals surface area contributed by atoms with Crippen molar-refractivity contribution in [1.29, 1.82) is 0 Å². The summed E-state index contributed by atoms with van der Waals surface area (Å²) in [5.41, 5.74) is 4.01. The Morgan fingerprint density at radius 1 is 0.950 bits per heavy atom. The van der Waals surface area contributed by atoms with Gasteiger partial charge in [0.05, 0.1) is 0 Å². The lowest BCUT2D eigenvalue weighted by molar-refractivity contribution is 0.104. The van der Waals surface area contributed by atoms with Gasteiger partial charge in [0.25, 0.3) is 0 Å². The Bertz CT molecular complexity index is 649. The van der Waals surface area contributed by atoms with Gasteiger partial charge in [-0.1, -0.05) is 66.3 Å². The first kappa shape index (κ1) is 14.0. The van der Waals surface area contributed by atoms with E-state index in [2.05, 4.69) is 0 Å². The summed E-state index contributed by atoms with van der Waals surface area (Å²) in [6.45, 7) is 3.95. The molecule has 0 aliphatic carbocycles. The second-order valence-electron chi connectivity index (χ2n) is 4.81. The summed E-state index contributed by atoms with van der Waals surface area (Å²) in [6, 6.07) is 15.9. The van der Waals surface area contributed by atoms with Crippen LogP contribution in [0.2, 0.25) is 0 Å². The third-order valence-corrected chi connectivity index (χ3v) is 3.11. The maximum absolute atomic E-state index is 12.1. The Labute approximate surface area is 120 Å². The van der Waals surface area contributed by atoms with Gasteiger partial charge in [0.15, 0.2) is 5.78 Å². The van der Waals surface area contributed by atoms with Crippen LogP contribution in [0.25, 0.3) is 6.08 Å². The Kier molecular flexibility index (Phi) is 4.67. The zero-order chi connectivity index (χ0) is 14.4. The van der Waals surface area contributed by atoms with Crippen LogP contribution in [0.5, 0.6) is 0 Å². The van der Waals surface area contributed by atoms with Gasteiger partial charge in [0, 0.05) is 5.56 Å². The van der Waals surface area contributed by atoms with Gasteiger partial charge in [-0.2, -0.15) is 0 Å². The van der Waals surface area contributed by atoms with E-state index in [0.29, 0.717) is 0 Å². The van der Waals surface area contributed by atoms with Gasteiger partial charge >= 0.3 is 0 Å². The summed E-state index contributed by atoms with van der Waals surface area (Å²) >= 11 is 0. The standard InChI is InChI=1S/C19H18O/c1-15-12-13-16(2)18(14-15)19(20)11-7-6-10-17-8-4-3-5-9-17/h3-14H,1-2H3/b10-6+,11-7+. The fourth-order valence-corrected chi connectivity index (χ4v) is 1.96. The molecule has 0 aromatic heterocycles. The Morgan fingerprint density at radius 2 is 1.70 bits per heavy atom. The Hall–Kier alpha value is -2.41. The lowest BCUT2D eigenvalue weighted by Crippen LogP contribution is -1.98. The third-order valence-electron chi connectivity index (χ3n) is 3.11. The van der Waals surface area contributed by atoms with Crippen LogP contribution in [0.3, 0.4) is 0 Å². The molecule has 0 N–H and O–H groups in total. The summed E-state index contributed by atoms with van der Waals surface area (Å²) in [7, 11) is 0. The normalized spacial score (nSPS) is 11.3. The minimum atomic E-state index is 0.0453. The quantitative estimate of drug-likeness (QED) is 0.441. The number of benzene rings is 2. The first-order chi connectivity index (χ1) is 9.66. The Balaban J connectivity index is 2.06. The maximum Gasteiger partial charge on any atom is 0.186 e. The van der Waals surface area contributed by atoms with Gasteiger partial charge in [-0.05, 0) is 37.1 Å². The van der Waals surface area contributed by atoms with Crippen LogP contribution >= 0.6 is 0 Å². The summed E-state index contributed by atoms with van der Waals surface area (Å²) in [4.78, 5) is 12.1. The molecule has 20 heavy (non-hydrogen) atoms. The van der Waals surface area contributed by atoms with Gasteiger partial charge in [-0.25, -0.2) is 0 Å². The highest BCUT2D eigenvalue weighted by molar-refractivity contribution is 6.05. The highest BCUT2D eigenvalue weighted by atomic mass is 16.1. The molecule has 0 bridgehead atoms. The van der Waals surface area contributed by atoms with Crippen LogP contribution in [-0.4, -0.2) is 5.78 Å². The zero-order valence-electron chi connectivity index (χ0n) is 11.8. The van der Waals surface area contributed by atoms with E-state index >= 15 is 0 Å². The minimum absolute atomic E-state index is 0.0453. The summed E-state index contributed by atoms with van der Waals surface area (Å²) in [6.07, 6.45) is 7.27. The second kappa shape index (κ2) is 6.67. The average molecular weight is 262 g/mol. The molecule has 0 fully saturated rings. The molecule has 0 amide bonds. The van der Waals surface area contributed by atoms with Crippen LogP contribution in [0.4, 0.5) is 0 Å². The van der Waals surface area contributed by atoms with Crippen molar-refractivity contribution in [2.45, 2.75) is 13.8 Å². The lowest BCUT2D eigenvalue weighted by atomic mass is 10.0. The number of hydrogen-bond acceptors (Lipinski definition) is 1. The number of hydrogen-bond donors (Lipinski definition) is 0. The monoisotopic (exact) mass is 262 g/mol. The largest absolute Gasteiger partial charge is 0.289 e. The van der Waals surface area contributed by atoms with Crippen molar-refractivity contribution < 1.29 is 4.79 Å². The van der Waals surface area contributed by atoms with Crippen molar-refractivity contribution in [3.8, 4) is 0 Å². The highest BCUT2D eigenvalue weighted by Crippen LogP contribution is 2.12. The molecule has 0 spiro atoms. The van der Waals surface area contributed by atoms with Crippen molar-refractivity contribution in [3.05, 3.63) is 89.0 Å². The summed E-state index contributed by atoms with van der Waals surface area (Å²) in [5.74, 6) is 0.0453. The van der Waals surface area contributed by atoms with Crippen molar-refractivity contribution in [3.63, 3.8) is 0 Å². The molecule has 0 heterocycles.